The Morgan fingerprint density at radius 2 is 1.61 bits per heavy atom. The van der Waals surface area contributed by atoms with Crippen molar-refractivity contribution in [3.05, 3.63) is 71.8 Å². The van der Waals surface area contributed by atoms with Gasteiger partial charge >= 0.3 is 0 Å². The van der Waals surface area contributed by atoms with Crippen molar-refractivity contribution in [1.82, 2.24) is 4.90 Å². The zero-order chi connectivity index (χ0) is 16.5. The van der Waals surface area contributed by atoms with Gasteiger partial charge in [-0.15, -0.1) is 0 Å². The molecule has 0 aliphatic carbocycles. The van der Waals surface area contributed by atoms with Crippen LogP contribution in [0.2, 0.25) is 0 Å². The molecule has 2 aromatic carbocycles. The molecule has 1 N–H and O–H groups in total. The number of rotatable bonds is 8. The highest BCUT2D eigenvalue weighted by Gasteiger charge is 2.21. The summed E-state index contributed by atoms with van der Waals surface area (Å²) in [4.78, 5) is 14.2. The number of benzene rings is 2. The quantitative estimate of drug-likeness (QED) is 0.815. The highest BCUT2D eigenvalue weighted by molar-refractivity contribution is 5.80. The Balaban J connectivity index is 1.93. The third kappa shape index (κ3) is 5.51. The van der Waals surface area contributed by atoms with E-state index in [4.69, 9.17) is 4.74 Å². The van der Waals surface area contributed by atoms with E-state index in [-0.39, 0.29) is 12.5 Å². The molecule has 0 saturated heterocycles. The van der Waals surface area contributed by atoms with Crippen LogP contribution in [-0.2, 0) is 22.7 Å². The molecule has 0 spiro atoms. The second-order valence-electron chi connectivity index (χ2n) is 5.41. The lowest BCUT2D eigenvalue weighted by molar-refractivity contribution is -0.144. The lowest BCUT2D eigenvalue weighted by atomic mass is 10.2. The molecular formula is C19H23NO3. The maximum Gasteiger partial charge on any atom is 0.251 e. The van der Waals surface area contributed by atoms with Crippen LogP contribution < -0.4 is 0 Å². The molecule has 23 heavy (non-hydrogen) atoms. The molecule has 0 aliphatic heterocycles. The molecule has 0 saturated carbocycles. The average molecular weight is 313 g/mol. The van der Waals surface area contributed by atoms with Crippen LogP contribution >= 0.6 is 0 Å². The summed E-state index contributed by atoms with van der Waals surface area (Å²) in [5.74, 6) is -0.112. The van der Waals surface area contributed by atoms with Gasteiger partial charge in [0.1, 0.15) is 6.10 Å². The Morgan fingerprint density at radius 3 is 2.17 bits per heavy atom. The van der Waals surface area contributed by atoms with Gasteiger partial charge in [-0.3, -0.25) is 4.79 Å². The molecule has 0 bridgehead atoms. The van der Waals surface area contributed by atoms with E-state index in [0.717, 1.165) is 11.1 Å². The number of amides is 1. The van der Waals surface area contributed by atoms with Gasteiger partial charge in [0.05, 0.1) is 13.2 Å². The fourth-order valence-corrected chi connectivity index (χ4v) is 2.32. The zero-order valence-corrected chi connectivity index (χ0v) is 13.4. The van der Waals surface area contributed by atoms with Crippen molar-refractivity contribution in [1.29, 1.82) is 0 Å². The first-order valence-electron chi connectivity index (χ1n) is 7.80. The number of aliphatic hydroxyl groups is 1. The Labute approximate surface area is 137 Å². The molecule has 1 unspecified atom stereocenters. The van der Waals surface area contributed by atoms with E-state index >= 15 is 0 Å². The summed E-state index contributed by atoms with van der Waals surface area (Å²) in [6.45, 7) is 2.85. The van der Waals surface area contributed by atoms with Gasteiger partial charge in [0.2, 0.25) is 0 Å². The fourth-order valence-electron chi connectivity index (χ4n) is 2.32. The second-order valence-corrected chi connectivity index (χ2v) is 5.41. The number of carbonyl (C=O) groups excluding carboxylic acids is 1. The fraction of sp³-hybridized carbons (Fsp3) is 0.316. The van der Waals surface area contributed by atoms with Crippen molar-refractivity contribution in [3.8, 4) is 0 Å². The van der Waals surface area contributed by atoms with Gasteiger partial charge in [-0.2, -0.15) is 0 Å². The van der Waals surface area contributed by atoms with E-state index in [1.165, 1.54) is 0 Å². The smallest absolute Gasteiger partial charge is 0.251 e. The third-order valence-corrected chi connectivity index (χ3v) is 3.59. The van der Waals surface area contributed by atoms with Crippen molar-refractivity contribution in [2.24, 2.45) is 0 Å². The van der Waals surface area contributed by atoms with Crippen LogP contribution in [0.1, 0.15) is 18.1 Å². The maximum atomic E-state index is 12.5. The minimum absolute atomic E-state index is 0.0655. The first-order chi connectivity index (χ1) is 11.2. The SMILES string of the molecule is CC(OCc1ccccc1)C(=O)N(CCO)Cc1ccccc1. The van der Waals surface area contributed by atoms with Crippen molar-refractivity contribution in [2.45, 2.75) is 26.2 Å². The topological polar surface area (TPSA) is 49.8 Å². The lowest BCUT2D eigenvalue weighted by Gasteiger charge is -2.25. The van der Waals surface area contributed by atoms with Crippen LogP contribution in [0.15, 0.2) is 60.7 Å². The van der Waals surface area contributed by atoms with Crippen LogP contribution in [0.3, 0.4) is 0 Å². The zero-order valence-electron chi connectivity index (χ0n) is 13.4. The summed E-state index contributed by atoms with van der Waals surface area (Å²) in [7, 11) is 0. The minimum atomic E-state index is -0.550. The van der Waals surface area contributed by atoms with Gasteiger partial charge in [-0.1, -0.05) is 60.7 Å². The lowest BCUT2D eigenvalue weighted by Crippen LogP contribution is -2.40. The van der Waals surface area contributed by atoms with E-state index in [0.29, 0.717) is 19.7 Å². The molecule has 0 fully saturated rings. The molecule has 0 aromatic heterocycles. The third-order valence-electron chi connectivity index (χ3n) is 3.59. The Hall–Kier alpha value is -2.17. The number of ether oxygens (including phenoxy) is 1. The number of hydrogen-bond acceptors (Lipinski definition) is 3. The van der Waals surface area contributed by atoms with Gasteiger partial charge in [0.15, 0.2) is 0 Å². The van der Waals surface area contributed by atoms with Gasteiger partial charge in [-0.25, -0.2) is 0 Å². The van der Waals surface area contributed by atoms with E-state index in [9.17, 15) is 9.90 Å². The first kappa shape index (κ1) is 17.2. The molecule has 0 radical (unpaired) electrons. The minimum Gasteiger partial charge on any atom is -0.395 e. The monoisotopic (exact) mass is 313 g/mol. The number of hydrogen-bond donors (Lipinski definition) is 1. The van der Waals surface area contributed by atoms with Crippen LogP contribution in [-0.4, -0.2) is 35.2 Å². The molecule has 0 heterocycles. The van der Waals surface area contributed by atoms with Crippen molar-refractivity contribution in [3.63, 3.8) is 0 Å². The van der Waals surface area contributed by atoms with Crippen LogP contribution in [0, 0.1) is 0 Å². The summed E-state index contributed by atoms with van der Waals surface area (Å²) in [5, 5.41) is 9.22. The summed E-state index contributed by atoms with van der Waals surface area (Å²) < 4.78 is 5.68. The Kier molecular flexibility index (Phi) is 6.78. The molecule has 2 aromatic rings. The van der Waals surface area contributed by atoms with Crippen molar-refractivity contribution < 1.29 is 14.6 Å². The molecule has 122 valence electrons. The number of carbonyl (C=O) groups is 1. The summed E-state index contributed by atoms with van der Waals surface area (Å²) in [6, 6.07) is 19.5. The predicted octanol–water partition coefficient (Wildman–Crippen LogP) is 2.61. The molecule has 4 nitrogen and oxygen atoms in total. The Bertz CT molecular complexity index is 586. The predicted molar refractivity (Wildman–Crippen MR) is 89.6 cm³/mol. The second kappa shape index (κ2) is 9.08. The summed E-state index contributed by atoms with van der Waals surface area (Å²) >= 11 is 0. The molecule has 4 heteroatoms. The largest absolute Gasteiger partial charge is 0.395 e. The van der Waals surface area contributed by atoms with Gasteiger partial charge in [0, 0.05) is 13.1 Å². The van der Waals surface area contributed by atoms with Crippen molar-refractivity contribution in [2.75, 3.05) is 13.2 Å². The molecule has 1 amide bonds. The maximum absolute atomic E-state index is 12.5. The first-order valence-corrected chi connectivity index (χ1v) is 7.80. The van der Waals surface area contributed by atoms with E-state index < -0.39 is 6.10 Å². The average Bonchev–Trinajstić information content (AvgIpc) is 2.60. The number of aliphatic hydroxyl groups excluding tert-OH is 1. The molecule has 1 atom stereocenters. The van der Waals surface area contributed by atoms with Gasteiger partial charge in [-0.05, 0) is 18.1 Å². The molecule has 0 aliphatic rings. The van der Waals surface area contributed by atoms with Crippen LogP contribution in [0.4, 0.5) is 0 Å². The highest BCUT2D eigenvalue weighted by Crippen LogP contribution is 2.09. The number of nitrogens with zero attached hydrogens (tertiary/aromatic N) is 1. The van der Waals surface area contributed by atoms with Crippen LogP contribution in [0.25, 0.3) is 0 Å². The van der Waals surface area contributed by atoms with Crippen molar-refractivity contribution >= 4 is 5.91 Å². The van der Waals surface area contributed by atoms with E-state index in [1.807, 2.05) is 60.7 Å². The van der Waals surface area contributed by atoms with Gasteiger partial charge < -0.3 is 14.7 Å². The highest BCUT2D eigenvalue weighted by atomic mass is 16.5. The Morgan fingerprint density at radius 1 is 1.04 bits per heavy atom. The summed E-state index contributed by atoms with van der Waals surface area (Å²) in [5.41, 5.74) is 2.06. The summed E-state index contributed by atoms with van der Waals surface area (Å²) in [6.07, 6.45) is -0.550. The standard InChI is InChI=1S/C19H23NO3/c1-16(23-15-18-10-6-3-7-11-18)19(22)20(12-13-21)14-17-8-4-2-5-9-17/h2-11,16,21H,12-15H2,1H3. The van der Waals surface area contributed by atoms with E-state index in [1.54, 1.807) is 11.8 Å². The molecular weight excluding hydrogens is 290 g/mol. The normalized spacial score (nSPS) is 11.9. The van der Waals surface area contributed by atoms with Crippen LogP contribution in [0.5, 0.6) is 0 Å². The van der Waals surface area contributed by atoms with Gasteiger partial charge in [0.25, 0.3) is 5.91 Å². The van der Waals surface area contributed by atoms with E-state index in [2.05, 4.69) is 0 Å². The molecule has 2 rings (SSSR count).